The summed E-state index contributed by atoms with van der Waals surface area (Å²) >= 11 is 0. The predicted molar refractivity (Wildman–Crippen MR) is 85.2 cm³/mol. The SMILES string of the molecule is COc1ccc(NC(=O)NCc2nccc(N(C)C)n2)cc1. The molecule has 0 saturated carbocycles. The lowest BCUT2D eigenvalue weighted by Crippen LogP contribution is -2.29. The van der Waals surface area contributed by atoms with Gasteiger partial charge in [-0.25, -0.2) is 14.8 Å². The van der Waals surface area contributed by atoms with Gasteiger partial charge in [-0.15, -0.1) is 0 Å². The molecular weight excluding hydrogens is 282 g/mol. The fraction of sp³-hybridized carbons (Fsp3) is 0.267. The molecule has 7 nitrogen and oxygen atoms in total. The minimum Gasteiger partial charge on any atom is -0.497 e. The predicted octanol–water partition coefficient (Wildman–Crippen LogP) is 1.87. The number of anilines is 2. The largest absolute Gasteiger partial charge is 0.497 e. The molecule has 0 aliphatic carbocycles. The second kappa shape index (κ2) is 7.26. The molecule has 116 valence electrons. The van der Waals surface area contributed by atoms with Crippen LogP contribution in [0, 0.1) is 0 Å². The highest BCUT2D eigenvalue weighted by molar-refractivity contribution is 5.89. The van der Waals surface area contributed by atoms with Crippen molar-refractivity contribution >= 4 is 17.5 Å². The maximum absolute atomic E-state index is 11.8. The molecule has 0 fully saturated rings. The molecule has 1 aromatic heterocycles. The number of urea groups is 1. The van der Waals surface area contributed by atoms with E-state index in [0.717, 1.165) is 11.6 Å². The van der Waals surface area contributed by atoms with E-state index in [9.17, 15) is 4.79 Å². The van der Waals surface area contributed by atoms with Crippen LogP contribution in [0.5, 0.6) is 5.75 Å². The fourth-order valence-electron chi connectivity index (χ4n) is 1.73. The molecule has 7 heteroatoms. The standard InChI is InChI=1S/C15H19N5O2/c1-20(2)14-8-9-16-13(19-14)10-17-15(21)18-11-4-6-12(22-3)7-5-11/h4-9H,10H2,1-3H3,(H2,17,18,21). The Bertz CT molecular complexity index is 628. The third-order valence-electron chi connectivity index (χ3n) is 2.90. The van der Waals surface area contributed by atoms with Crippen molar-refractivity contribution in [1.82, 2.24) is 15.3 Å². The van der Waals surface area contributed by atoms with Crippen molar-refractivity contribution in [1.29, 1.82) is 0 Å². The summed E-state index contributed by atoms with van der Waals surface area (Å²) < 4.78 is 5.06. The quantitative estimate of drug-likeness (QED) is 0.881. The Labute approximate surface area is 129 Å². The number of amides is 2. The van der Waals surface area contributed by atoms with Crippen LogP contribution in [0.4, 0.5) is 16.3 Å². The van der Waals surface area contributed by atoms with Crippen molar-refractivity contribution in [2.45, 2.75) is 6.54 Å². The molecule has 2 aromatic rings. The molecule has 0 saturated heterocycles. The molecule has 0 spiro atoms. The average Bonchev–Trinajstić information content (AvgIpc) is 2.54. The van der Waals surface area contributed by atoms with Crippen molar-refractivity contribution in [2.75, 3.05) is 31.4 Å². The number of ether oxygens (including phenoxy) is 1. The smallest absolute Gasteiger partial charge is 0.319 e. The van der Waals surface area contributed by atoms with Crippen molar-refractivity contribution in [2.24, 2.45) is 0 Å². The summed E-state index contributed by atoms with van der Waals surface area (Å²) in [5, 5.41) is 5.45. The van der Waals surface area contributed by atoms with Crippen LogP contribution in [-0.2, 0) is 6.54 Å². The number of nitrogens with zero attached hydrogens (tertiary/aromatic N) is 3. The second-order valence-corrected chi connectivity index (χ2v) is 4.76. The minimum atomic E-state index is -0.316. The summed E-state index contributed by atoms with van der Waals surface area (Å²) in [5.41, 5.74) is 0.682. The Morgan fingerprint density at radius 2 is 1.95 bits per heavy atom. The summed E-state index contributed by atoms with van der Waals surface area (Å²) in [7, 11) is 5.39. The average molecular weight is 301 g/mol. The molecule has 2 amide bonds. The molecule has 1 heterocycles. The van der Waals surface area contributed by atoms with Crippen molar-refractivity contribution < 1.29 is 9.53 Å². The van der Waals surface area contributed by atoms with Gasteiger partial charge < -0.3 is 20.3 Å². The Kier molecular flexibility index (Phi) is 5.13. The molecule has 0 unspecified atom stereocenters. The van der Waals surface area contributed by atoms with E-state index in [4.69, 9.17) is 4.74 Å². The van der Waals surface area contributed by atoms with E-state index in [0.29, 0.717) is 11.5 Å². The minimum absolute atomic E-state index is 0.254. The third kappa shape index (κ3) is 4.34. The van der Waals surface area contributed by atoms with Gasteiger partial charge in [0.2, 0.25) is 0 Å². The Balaban J connectivity index is 1.88. The molecular formula is C15H19N5O2. The van der Waals surface area contributed by atoms with Crippen LogP contribution in [-0.4, -0.2) is 37.2 Å². The molecule has 22 heavy (non-hydrogen) atoms. The first-order valence-corrected chi connectivity index (χ1v) is 6.76. The van der Waals surface area contributed by atoms with Gasteiger partial charge in [-0.1, -0.05) is 0 Å². The van der Waals surface area contributed by atoms with Gasteiger partial charge in [-0.05, 0) is 30.3 Å². The number of carbonyl (C=O) groups excluding carboxylic acids is 1. The number of aromatic nitrogens is 2. The van der Waals surface area contributed by atoms with Gasteiger partial charge in [-0.3, -0.25) is 0 Å². The molecule has 1 aromatic carbocycles. The van der Waals surface area contributed by atoms with Gasteiger partial charge in [0.15, 0.2) is 0 Å². The third-order valence-corrected chi connectivity index (χ3v) is 2.90. The van der Waals surface area contributed by atoms with Gasteiger partial charge in [0, 0.05) is 26.0 Å². The lowest BCUT2D eigenvalue weighted by molar-refractivity contribution is 0.251. The van der Waals surface area contributed by atoms with Crippen LogP contribution in [0.3, 0.4) is 0 Å². The zero-order valence-corrected chi connectivity index (χ0v) is 12.8. The van der Waals surface area contributed by atoms with E-state index >= 15 is 0 Å². The van der Waals surface area contributed by atoms with Crippen LogP contribution in [0.1, 0.15) is 5.82 Å². The molecule has 2 rings (SSSR count). The monoisotopic (exact) mass is 301 g/mol. The molecule has 0 radical (unpaired) electrons. The van der Waals surface area contributed by atoms with Gasteiger partial charge in [0.05, 0.1) is 13.7 Å². The summed E-state index contributed by atoms with van der Waals surface area (Å²) in [6.07, 6.45) is 1.67. The molecule has 0 bridgehead atoms. The van der Waals surface area contributed by atoms with Gasteiger partial charge in [0.25, 0.3) is 0 Å². The van der Waals surface area contributed by atoms with Crippen LogP contribution >= 0.6 is 0 Å². The summed E-state index contributed by atoms with van der Waals surface area (Å²) in [5.74, 6) is 2.08. The van der Waals surface area contributed by atoms with Crippen molar-refractivity contribution in [3.8, 4) is 5.75 Å². The number of rotatable bonds is 5. The Hall–Kier alpha value is -2.83. The van der Waals surface area contributed by atoms with Crippen LogP contribution in [0.25, 0.3) is 0 Å². The highest BCUT2D eigenvalue weighted by atomic mass is 16.5. The Morgan fingerprint density at radius 1 is 1.23 bits per heavy atom. The van der Waals surface area contributed by atoms with Crippen LogP contribution < -0.4 is 20.3 Å². The zero-order valence-electron chi connectivity index (χ0n) is 12.8. The first-order valence-electron chi connectivity index (χ1n) is 6.76. The van der Waals surface area contributed by atoms with Gasteiger partial charge in [-0.2, -0.15) is 0 Å². The number of methoxy groups -OCH3 is 1. The van der Waals surface area contributed by atoms with E-state index < -0.39 is 0 Å². The normalized spacial score (nSPS) is 9.95. The van der Waals surface area contributed by atoms with E-state index in [1.807, 2.05) is 19.0 Å². The summed E-state index contributed by atoms with van der Waals surface area (Å²) in [6, 6.07) is 8.58. The highest BCUT2D eigenvalue weighted by Crippen LogP contribution is 2.14. The molecule has 0 aliphatic heterocycles. The zero-order chi connectivity index (χ0) is 15.9. The highest BCUT2D eigenvalue weighted by Gasteiger charge is 2.05. The van der Waals surface area contributed by atoms with Crippen molar-refractivity contribution in [3.63, 3.8) is 0 Å². The van der Waals surface area contributed by atoms with Gasteiger partial charge in [0.1, 0.15) is 17.4 Å². The number of nitrogens with one attached hydrogen (secondary N) is 2. The van der Waals surface area contributed by atoms with E-state index in [1.165, 1.54) is 0 Å². The first kappa shape index (κ1) is 15.6. The first-order chi connectivity index (χ1) is 10.6. The maximum Gasteiger partial charge on any atom is 0.319 e. The Morgan fingerprint density at radius 3 is 2.59 bits per heavy atom. The molecule has 2 N–H and O–H groups in total. The maximum atomic E-state index is 11.8. The number of hydrogen-bond donors (Lipinski definition) is 2. The van der Waals surface area contributed by atoms with Gasteiger partial charge >= 0.3 is 6.03 Å². The number of carbonyl (C=O) groups is 1. The summed E-state index contributed by atoms with van der Waals surface area (Å²) in [6.45, 7) is 0.254. The van der Waals surface area contributed by atoms with Crippen LogP contribution in [0.15, 0.2) is 36.5 Å². The fourth-order valence-corrected chi connectivity index (χ4v) is 1.73. The van der Waals surface area contributed by atoms with E-state index in [-0.39, 0.29) is 12.6 Å². The summed E-state index contributed by atoms with van der Waals surface area (Å²) in [4.78, 5) is 22.2. The van der Waals surface area contributed by atoms with E-state index in [1.54, 1.807) is 43.6 Å². The molecule has 0 aliphatic rings. The van der Waals surface area contributed by atoms with E-state index in [2.05, 4.69) is 20.6 Å². The second-order valence-electron chi connectivity index (χ2n) is 4.76. The number of benzene rings is 1. The number of hydrogen-bond acceptors (Lipinski definition) is 5. The van der Waals surface area contributed by atoms with Crippen LogP contribution in [0.2, 0.25) is 0 Å². The topological polar surface area (TPSA) is 79.4 Å². The van der Waals surface area contributed by atoms with Crippen molar-refractivity contribution in [3.05, 3.63) is 42.4 Å². The lowest BCUT2D eigenvalue weighted by Gasteiger charge is -2.12. The molecule has 0 atom stereocenters. The lowest BCUT2D eigenvalue weighted by atomic mass is 10.3.